The minimum absolute atomic E-state index is 0.278. The van der Waals surface area contributed by atoms with E-state index in [1.165, 1.54) is 0 Å². The molecule has 23 heavy (non-hydrogen) atoms. The maximum atomic E-state index is 12.1. The van der Waals surface area contributed by atoms with Crippen molar-refractivity contribution in [3.05, 3.63) is 33.8 Å². The lowest BCUT2D eigenvalue weighted by Crippen LogP contribution is -2.47. The van der Waals surface area contributed by atoms with Crippen molar-refractivity contribution in [3.8, 4) is 0 Å². The number of nitrogens with one attached hydrogen (secondary N) is 2. The van der Waals surface area contributed by atoms with Crippen molar-refractivity contribution in [3.63, 3.8) is 0 Å². The van der Waals surface area contributed by atoms with Gasteiger partial charge in [-0.15, -0.1) is 0 Å². The van der Waals surface area contributed by atoms with E-state index in [0.717, 1.165) is 5.56 Å². The van der Waals surface area contributed by atoms with Gasteiger partial charge in [0.25, 0.3) is 0 Å². The molecule has 0 bridgehead atoms. The Hall–Kier alpha value is -1.46. The number of hydrogen-bond acceptors (Lipinski definition) is 3. The minimum atomic E-state index is -0.727. The first kappa shape index (κ1) is 19.6. The highest BCUT2D eigenvalue weighted by Gasteiger charge is 2.22. The monoisotopic (exact) mass is 360 g/mol. The molecule has 0 aliphatic heterocycles. The Morgan fingerprint density at radius 1 is 1.09 bits per heavy atom. The fourth-order valence-electron chi connectivity index (χ4n) is 1.75. The van der Waals surface area contributed by atoms with Crippen LogP contribution in [0.4, 0.5) is 4.79 Å². The van der Waals surface area contributed by atoms with E-state index in [1.54, 1.807) is 45.9 Å². The summed E-state index contributed by atoms with van der Waals surface area (Å²) in [4.78, 5) is 23.8. The van der Waals surface area contributed by atoms with Crippen molar-refractivity contribution >= 4 is 35.2 Å². The molecular weight excluding hydrogens is 339 g/mol. The van der Waals surface area contributed by atoms with E-state index in [-0.39, 0.29) is 11.9 Å². The maximum absolute atomic E-state index is 12.1. The molecule has 0 saturated heterocycles. The number of carbonyl (C=O) groups excluding carboxylic acids is 2. The molecule has 1 aromatic rings. The molecule has 1 unspecified atom stereocenters. The van der Waals surface area contributed by atoms with Crippen LogP contribution in [0.1, 0.15) is 46.2 Å². The zero-order valence-corrected chi connectivity index (χ0v) is 15.4. The van der Waals surface area contributed by atoms with Crippen molar-refractivity contribution in [2.75, 3.05) is 0 Å². The third-order valence-corrected chi connectivity index (χ3v) is 3.67. The molecule has 7 heteroatoms. The minimum Gasteiger partial charge on any atom is -0.444 e. The Balaban J connectivity index is 2.60. The van der Waals surface area contributed by atoms with Crippen LogP contribution < -0.4 is 10.6 Å². The number of amides is 2. The molecule has 2 amide bonds. The van der Waals surface area contributed by atoms with Crippen LogP contribution in [0.5, 0.6) is 0 Å². The van der Waals surface area contributed by atoms with Crippen molar-refractivity contribution in [2.24, 2.45) is 0 Å². The fraction of sp³-hybridized carbons (Fsp3) is 0.500. The van der Waals surface area contributed by atoms with Crippen LogP contribution in [0.25, 0.3) is 0 Å². The molecule has 2 N–H and O–H groups in total. The number of rotatable bonds is 4. The molecule has 0 fully saturated rings. The molecule has 0 aliphatic carbocycles. The number of halogens is 2. The number of alkyl carbamates (subject to hydrolysis) is 1. The summed E-state index contributed by atoms with van der Waals surface area (Å²) in [6, 6.07) is 4.14. The fourth-order valence-corrected chi connectivity index (χ4v) is 2.06. The van der Waals surface area contributed by atoms with Crippen LogP contribution in [0, 0.1) is 0 Å². The van der Waals surface area contributed by atoms with Gasteiger partial charge in [-0.2, -0.15) is 0 Å². The summed E-state index contributed by atoms with van der Waals surface area (Å²) in [5.74, 6) is -0.325. The topological polar surface area (TPSA) is 67.4 Å². The van der Waals surface area contributed by atoms with Gasteiger partial charge >= 0.3 is 6.09 Å². The summed E-state index contributed by atoms with van der Waals surface area (Å²) < 4.78 is 5.11. The third kappa shape index (κ3) is 6.67. The van der Waals surface area contributed by atoms with E-state index >= 15 is 0 Å². The van der Waals surface area contributed by atoms with Crippen LogP contribution in [-0.2, 0) is 9.53 Å². The number of hydrogen-bond donors (Lipinski definition) is 2. The van der Waals surface area contributed by atoms with Crippen molar-refractivity contribution in [1.82, 2.24) is 10.6 Å². The maximum Gasteiger partial charge on any atom is 0.408 e. The van der Waals surface area contributed by atoms with Gasteiger partial charge in [0.15, 0.2) is 0 Å². The first-order valence-electron chi connectivity index (χ1n) is 7.24. The molecule has 128 valence electrons. The third-order valence-electron chi connectivity index (χ3n) is 2.93. The van der Waals surface area contributed by atoms with Gasteiger partial charge in [-0.3, -0.25) is 4.79 Å². The van der Waals surface area contributed by atoms with E-state index in [9.17, 15) is 9.59 Å². The molecule has 5 nitrogen and oxygen atoms in total. The second kappa shape index (κ2) is 7.88. The van der Waals surface area contributed by atoms with E-state index in [0.29, 0.717) is 10.0 Å². The van der Waals surface area contributed by atoms with Gasteiger partial charge in [-0.05, 0) is 52.3 Å². The zero-order chi connectivity index (χ0) is 17.8. The standard InChI is InChI=1S/C16H22Cl2N2O3/c1-9(11-6-7-12(17)13(18)8-11)19-14(21)10(2)20-15(22)23-16(3,4)5/h6-10H,1-5H3,(H,19,21)(H,20,22)/t9?,10-/m1/s1. The Kier molecular flexibility index (Phi) is 6.71. The highest BCUT2D eigenvalue weighted by Crippen LogP contribution is 2.25. The molecular formula is C16H22Cl2N2O3. The van der Waals surface area contributed by atoms with Crippen LogP contribution in [0.3, 0.4) is 0 Å². The van der Waals surface area contributed by atoms with Gasteiger partial charge in [0, 0.05) is 0 Å². The zero-order valence-electron chi connectivity index (χ0n) is 13.9. The molecule has 1 rings (SSSR count). The summed E-state index contributed by atoms with van der Waals surface area (Å²) in [6.07, 6.45) is -0.637. The van der Waals surface area contributed by atoms with Gasteiger partial charge in [-0.1, -0.05) is 29.3 Å². The highest BCUT2D eigenvalue weighted by atomic mass is 35.5. The van der Waals surface area contributed by atoms with Crippen molar-refractivity contribution < 1.29 is 14.3 Å². The first-order chi connectivity index (χ1) is 10.5. The molecule has 0 spiro atoms. The second-order valence-corrected chi connectivity index (χ2v) is 7.09. The second-order valence-electron chi connectivity index (χ2n) is 6.27. The van der Waals surface area contributed by atoms with Gasteiger partial charge in [-0.25, -0.2) is 4.79 Å². The Morgan fingerprint density at radius 2 is 1.70 bits per heavy atom. The Labute approximate surface area is 146 Å². The smallest absolute Gasteiger partial charge is 0.408 e. The number of benzene rings is 1. The van der Waals surface area contributed by atoms with E-state index < -0.39 is 17.7 Å². The predicted molar refractivity (Wildman–Crippen MR) is 91.9 cm³/mol. The lowest BCUT2D eigenvalue weighted by atomic mass is 10.1. The highest BCUT2D eigenvalue weighted by molar-refractivity contribution is 6.42. The van der Waals surface area contributed by atoms with E-state index in [1.807, 2.05) is 6.92 Å². The average Bonchev–Trinajstić information content (AvgIpc) is 2.39. The number of carbonyl (C=O) groups is 2. The van der Waals surface area contributed by atoms with E-state index in [4.69, 9.17) is 27.9 Å². The quantitative estimate of drug-likeness (QED) is 0.849. The Bertz CT molecular complexity index is 585. The molecule has 0 radical (unpaired) electrons. The molecule has 1 aromatic carbocycles. The summed E-state index contributed by atoms with van der Waals surface area (Å²) in [5, 5.41) is 6.17. The molecule has 0 saturated carbocycles. The van der Waals surface area contributed by atoms with E-state index in [2.05, 4.69) is 10.6 Å². The van der Waals surface area contributed by atoms with Crippen LogP contribution in [0.15, 0.2) is 18.2 Å². The summed E-state index contributed by atoms with van der Waals surface area (Å²) >= 11 is 11.8. The lowest BCUT2D eigenvalue weighted by Gasteiger charge is -2.23. The van der Waals surface area contributed by atoms with Crippen LogP contribution in [0.2, 0.25) is 10.0 Å². The summed E-state index contributed by atoms with van der Waals surface area (Å²) in [5.41, 5.74) is 0.199. The van der Waals surface area contributed by atoms with Gasteiger partial charge in [0.2, 0.25) is 5.91 Å². The summed E-state index contributed by atoms with van der Waals surface area (Å²) in [6.45, 7) is 8.66. The average molecular weight is 361 g/mol. The normalized spacial score (nSPS) is 13.9. The Morgan fingerprint density at radius 3 is 2.22 bits per heavy atom. The summed E-state index contributed by atoms with van der Waals surface area (Å²) in [7, 11) is 0. The lowest BCUT2D eigenvalue weighted by molar-refractivity contribution is -0.123. The molecule has 0 aromatic heterocycles. The predicted octanol–water partition coefficient (Wildman–Crippen LogP) is 4.08. The molecule has 2 atom stereocenters. The molecule has 0 heterocycles. The van der Waals surface area contributed by atoms with Crippen LogP contribution >= 0.6 is 23.2 Å². The van der Waals surface area contributed by atoms with Crippen molar-refractivity contribution in [2.45, 2.75) is 52.3 Å². The van der Waals surface area contributed by atoms with Crippen LogP contribution in [-0.4, -0.2) is 23.6 Å². The number of ether oxygens (including phenoxy) is 1. The SMILES string of the molecule is CC(NC(=O)[C@@H](C)NC(=O)OC(C)(C)C)c1ccc(Cl)c(Cl)c1. The van der Waals surface area contributed by atoms with Gasteiger partial charge in [0.05, 0.1) is 16.1 Å². The van der Waals surface area contributed by atoms with Gasteiger partial charge in [0.1, 0.15) is 11.6 Å². The molecule has 0 aliphatic rings. The largest absolute Gasteiger partial charge is 0.444 e. The first-order valence-corrected chi connectivity index (χ1v) is 8.00. The van der Waals surface area contributed by atoms with Crippen molar-refractivity contribution in [1.29, 1.82) is 0 Å². The van der Waals surface area contributed by atoms with Gasteiger partial charge < -0.3 is 15.4 Å².